The average Bonchev–Trinajstić information content (AvgIpc) is 2.94. The summed E-state index contributed by atoms with van der Waals surface area (Å²) in [5, 5.41) is 0.551. The topological polar surface area (TPSA) is 35.5 Å². The van der Waals surface area contributed by atoms with Crippen molar-refractivity contribution < 1.29 is 14.3 Å². The number of hydrogen-bond donors (Lipinski definition) is 0. The number of carbonyl (C=O) groups excluding carboxylic acids is 1. The summed E-state index contributed by atoms with van der Waals surface area (Å²) in [5.41, 5.74) is 1.71. The monoisotopic (exact) mass is 318 g/mol. The number of cyclic esters (lactones) is 1. The summed E-state index contributed by atoms with van der Waals surface area (Å²) in [6, 6.07) is 5.68. The molecule has 3 rings (SSSR count). The summed E-state index contributed by atoms with van der Waals surface area (Å²) in [7, 11) is 0. The van der Waals surface area contributed by atoms with Crippen molar-refractivity contribution in [3.05, 3.63) is 53.6 Å². The molecule has 2 unspecified atom stereocenters. The van der Waals surface area contributed by atoms with E-state index in [0.29, 0.717) is 36.8 Å². The molecule has 0 aromatic heterocycles. The third-order valence-electron chi connectivity index (χ3n) is 4.58. The summed E-state index contributed by atoms with van der Waals surface area (Å²) in [4.78, 5) is 12.3. The summed E-state index contributed by atoms with van der Waals surface area (Å²) in [6.45, 7) is 8.59. The van der Waals surface area contributed by atoms with Crippen LogP contribution in [0, 0.1) is 11.3 Å². The first-order valence-electron chi connectivity index (χ1n) is 7.41. The summed E-state index contributed by atoms with van der Waals surface area (Å²) < 4.78 is 10.8. The van der Waals surface area contributed by atoms with Gasteiger partial charge in [-0.25, -0.2) is 0 Å². The zero-order valence-electron chi connectivity index (χ0n) is 12.4. The lowest BCUT2D eigenvalue weighted by molar-refractivity contribution is -0.146. The molecule has 1 aliphatic heterocycles. The molecule has 0 bridgehead atoms. The van der Waals surface area contributed by atoms with E-state index in [4.69, 9.17) is 21.1 Å². The van der Waals surface area contributed by atoms with Gasteiger partial charge in [-0.15, -0.1) is 0 Å². The van der Waals surface area contributed by atoms with Crippen LogP contribution in [0.1, 0.15) is 18.4 Å². The second-order valence-electron chi connectivity index (χ2n) is 6.12. The van der Waals surface area contributed by atoms with Crippen molar-refractivity contribution in [3.63, 3.8) is 0 Å². The molecule has 1 aromatic rings. The first-order chi connectivity index (χ1) is 10.5. The highest BCUT2D eigenvalue weighted by molar-refractivity contribution is 6.32. The number of halogens is 1. The molecule has 4 heteroatoms. The Morgan fingerprint density at radius 1 is 1.50 bits per heavy atom. The predicted octanol–water partition coefficient (Wildman–Crippen LogP) is 3.96. The van der Waals surface area contributed by atoms with E-state index in [1.807, 2.05) is 18.2 Å². The SMILES string of the molecule is C=CCOc1ccc(CC23CC(=C)CC2COC3=O)cc1Cl. The minimum absolute atomic E-state index is 0.0979. The maximum Gasteiger partial charge on any atom is 0.313 e. The van der Waals surface area contributed by atoms with Gasteiger partial charge in [0.05, 0.1) is 17.0 Å². The second-order valence-corrected chi connectivity index (χ2v) is 6.53. The molecule has 1 saturated carbocycles. The van der Waals surface area contributed by atoms with Gasteiger partial charge in [-0.2, -0.15) is 0 Å². The van der Waals surface area contributed by atoms with Crippen molar-refractivity contribution in [2.45, 2.75) is 19.3 Å². The molecule has 116 valence electrons. The van der Waals surface area contributed by atoms with Crippen LogP contribution in [-0.2, 0) is 16.0 Å². The number of hydrogen-bond acceptors (Lipinski definition) is 3. The largest absolute Gasteiger partial charge is 0.488 e. The Bertz CT molecular complexity index is 637. The molecule has 0 spiro atoms. The zero-order chi connectivity index (χ0) is 15.7. The van der Waals surface area contributed by atoms with Crippen LogP contribution in [-0.4, -0.2) is 19.2 Å². The number of esters is 1. The number of rotatable bonds is 5. The third-order valence-corrected chi connectivity index (χ3v) is 4.87. The van der Waals surface area contributed by atoms with Gasteiger partial charge in [0.15, 0.2) is 0 Å². The number of carbonyl (C=O) groups is 1. The predicted molar refractivity (Wildman–Crippen MR) is 86.1 cm³/mol. The van der Waals surface area contributed by atoms with Gasteiger partial charge in [0, 0.05) is 5.92 Å². The van der Waals surface area contributed by atoms with Crippen LogP contribution >= 0.6 is 11.6 Å². The van der Waals surface area contributed by atoms with Crippen molar-refractivity contribution in [3.8, 4) is 5.75 Å². The fourth-order valence-corrected chi connectivity index (χ4v) is 3.80. The third kappa shape index (κ3) is 2.54. The molecule has 1 aliphatic carbocycles. The standard InChI is InChI=1S/C18H19ClO3/c1-3-6-21-16-5-4-13(8-15(16)19)10-18-9-12(2)7-14(18)11-22-17(18)20/h3-5,8,14H,1-2,6-7,9-11H2. The molecule has 2 fully saturated rings. The van der Waals surface area contributed by atoms with Crippen LogP contribution in [0.2, 0.25) is 5.02 Å². The van der Waals surface area contributed by atoms with Crippen LogP contribution in [0.5, 0.6) is 5.75 Å². The molecule has 1 aromatic carbocycles. The van der Waals surface area contributed by atoms with Crippen molar-refractivity contribution in [1.29, 1.82) is 0 Å². The van der Waals surface area contributed by atoms with Gasteiger partial charge in [0.2, 0.25) is 0 Å². The highest BCUT2D eigenvalue weighted by Gasteiger charge is 2.55. The highest BCUT2D eigenvalue weighted by Crippen LogP contribution is 2.52. The Balaban J connectivity index is 1.83. The molecule has 3 nitrogen and oxygen atoms in total. The van der Waals surface area contributed by atoms with Gasteiger partial charge >= 0.3 is 5.97 Å². The minimum Gasteiger partial charge on any atom is -0.488 e. The molecule has 2 atom stereocenters. The summed E-state index contributed by atoms with van der Waals surface area (Å²) >= 11 is 6.26. The Hall–Kier alpha value is -1.74. The van der Waals surface area contributed by atoms with Crippen molar-refractivity contribution in [2.75, 3.05) is 13.2 Å². The van der Waals surface area contributed by atoms with Gasteiger partial charge in [-0.3, -0.25) is 4.79 Å². The Morgan fingerprint density at radius 3 is 3.05 bits per heavy atom. The number of benzene rings is 1. The van der Waals surface area contributed by atoms with Gasteiger partial charge in [-0.1, -0.05) is 42.5 Å². The first-order valence-corrected chi connectivity index (χ1v) is 7.79. The van der Waals surface area contributed by atoms with E-state index in [1.54, 1.807) is 6.08 Å². The van der Waals surface area contributed by atoms with E-state index in [2.05, 4.69) is 13.2 Å². The van der Waals surface area contributed by atoms with E-state index in [0.717, 1.165) is 17.6 Å². The van der Waals surface area contributed by atoms with Crippen LogP contribution in [0.3, 0.4) is 0 Å². The molecule has 1 heterocycles. The normalized spacial score (nSPS) is 26.7. The molecule has 1 saturated heterocycles. The maximum absolute atomic E-state index is 12.3. The van der Waals surface area contributed by atoms with E-state index in [1.165, 1.54) is 0 Å². The first kappa shape index (κ1) is 15.2. The van der Waals surface area contributed by atoms with E-state index in [9.17, 15) is 4.79 Å². The van der Waals surface area contributed by atoms with Gasteiger partial charge in [0.25, 0.3) is 0 Å². The Kier molecular flexibility index (Phi) is 4.00. The van der Waals surface area contributed by atoms with Crippen molar-refractivity contribution >= 4 is 17.6 Å². The fourth-order valence-electron chi connectivity index (χ4n) is 3.55. The maximum atomic E-state index is 12.3. The number of allylic oxidation sites excluding steroid dienone is 1. The summed E-state index contributed by atoms with van der Waals surface area (Å²) in [6.07, 6.45) is 3.90. The average molecular weight is 319 g/mol. The molecule has 2 aliphatic rings. The molecule has 22 heavy (non-hydrogen) atoms. The molecule has 0 N–H and O–H groups in total. The number of ether oxygens (including phenoxy) is 2. The Labute approximate surface area is 135 Å². The van der Waals surface area contributed by atoms with Crippen LogP contribution < -0.4 is 4.74 Å². The Morgan fingerprint density at radius 2 is 2.32 bits per heavy atom. The van der Waals surface area contributed by atoms with Crippen molar-refractivity contribution in [1.82, 2.24) is 0 Å². The van der Waals surface area contributed by atoms with Crippen LogP contribution in [0.4, 0.5) is 0 Å². The fraction of sp³-hybridized carbons (Fsp3) is 0.389. The highest BCUT2D eigenvalue weighted by atomic mass is 35.5. The lowest BCUT2D eigenvalue weighted by Gasteiger charge is -2.24. The summed E-state index contributed by atoms with van der Waals surface area (Å²) in [5.74, 6) is 0.770. The molecule has 0 radical (unpaired) electrons. The quantitative estimate of drug-likeness (QED) is 0.609. The smallest absolute Gasteiger partial charge is 0.313 e. The van der Waals surface area contributed by atoms with Gasteiger partial charge < -0.3 is 9.47 Å². The van der Waals surface area contributed by atoms with E-state index < -0.39 is 5.41 Å². The molecular weight excluding hydrogens is 300 g/mol. The van der Waals surface area contributed by atoms with Gasteiger partial charge in [0.1, 0.15) is 12.4 Å². The molecular formula is C18H19ClO3. The lowest BCUT2D eigenvalue weighted by atomic mass is 9.75. The molecule has 0 amide bonds. The van der Waals surface area contributed by atoms with Crippen LogP contribution in [0.25, 0.3) is 0 Å². The number of fused-ring (bicyclic) bond motifs is 1. The second kappa shape index (κ2) is 5.81. The van der Waals surface area contributed by atoms with E-state index in [-0.39, 0.29) is 11.9 Å². The zero-order valence-corrected chi connectivity index (χ0v) is 13.2. The lowest BCUT2D eigenvalue weighted by Crippen LogP contribution is -2.31. The van der Waals surface area contributed by atoms with Gasteiger partial charge in [-0.05, 0) is 37.0 Å². The minimum atomic E-state index is -0.454. The van der Waals surface area contributed by atoms with Crippen molar-refractivity contribution in [2.24, 2.45) is 11.3 Å². The van der Waals surface area contributed by atoms with Crippen LogP contribution in [0.15, 0.2) is 43.0 Å². The van der Waals surface area contributed by atoms with E-state index >= 15 is 0 Å².